The molecule has 1 unspecified atom stereocenters. The first-order valence-corrected chi connectivity index (χ1v) is 21.0. The van der Waals surface area contributed by atoms with Gasteiger partial charge >= 0.3 is 302 Å². The molecule has 0 aromatic heterocycles. The fourth-order valence-corrected chi connectivity index (χ4v) is 14.6. The summed E-state index contributed by atoms with van der Waals surface area (Å²) in [5.41, 5.74) is 12.0. The molecule has 0 saturated carbocycles. The largest absolute Gasteiger partial charge is 1.00 e. The fourth-order valence-electron chi connectivity index (χ4n) is 7.50. The van der Waals surface area contributed by atoms with E-state index in [1.54, 1.807) is 15.6 Å². The van der Waals surface area contributed by atoms with Crippen molar-refractivity contribution in [2.24, 2.45) is 0 Å². The minimum atomic E-state index is -2.84. The van der Waals surface area contributed by atoms with E-state index in [2.05, 4.69) is 188 Å². The molecule has 0 spiro atoms. The molecule has 0 bridgehead atoms. The monoisotopic (exact) mass is 778 g/mol. The Bertz CT molecular complexity index is 1550. The smallest absolute Gasteiger partial charge is 1.00 e. The average Bonchev–Trinajstić information content (AvgIpc) is 3.36. The molecule has 0 fully saturated rings. The van der Waals surface area contributed by atoms with Crippen LogP contribution >= 0.6 is 0 Å². The first-order valence-electron chi connectivity index (χ1n) is 18.1. The number of halogens is 3. The van der Waals surface area contributed by atoms with E-state index < -0.39 is 8.07 Å². The van der Waals surface area contributed by atoms with Crippen LogP contribution in [0.5, 0.6) is 0 Å². The van der Waals surface area contributed by atoms with Crippen molar-refractivity contribution in [1.29, 1.82) is 0 Å². The fraction of sp³-hybridized carbons (Fsp3) is 0.422. The molecule has 0 saturated heterocycles. The summed E-state index contributed by atoms with van der Waals surface area (Å²) < 4.78 is 1.50. The van der Waals surface area contributed by atoms with Gasteiger partial charge in [-0.2, -0.15) is 0 Å². The second-order valence-corrected chi connectivity index (χ2v) is 20.9. The summed E-state index contributed by atoms with van der Waals surface area (Å²) in [6, 6.07) is 32.6. The van der Waals surface area contributed by atoms with Gasteiger partial charge in [0.2, 0.25) is 0 Å². The van der Waals surface area contributed by atoms with Gasteiger partial charge in [0, 0.05) is 0 Å². The molecule has 50 heavy (non-hydrogen) atoms. The maximum absolute atomic E-state index is 2.84. The van der Waals surface area contributed by atoms with E-state index >= 15 is 0 Å². The average molecular weight is 780 g/mol. The SMILES string of the molecule is CC(C)c1cc(C(C)C)cc([Si](c2cc(C(C)C)cc(C(C)C)c2)(c2cc(C(C)C)cc(C(C)C)c2)C2[C]([Ti+3])=Cc3ccccc32)c1.[Cl-].[Cl-].[Cl-]. The van der Waals surface area contributed by atoms with Crippen LogP contribution in [0.3, 0.4) is 0 Å². The summed E-state index contributed by atoms with van der Waals surface area (Å²) in [4.78, 5) is 0. The van der Waals surface area contributed by atoms with E-state index in [1.165, 1.54) is 48.4 Å². The molecule has 1 aliphatic rings. The number of benzene rings is 4. The molecule has 0 N–H and O–H groups in total. The minimum absolute atomic E-state index is 0. The third-order valence-corrected chi connectivity index (χ3v) is 16.9. The molecule has 0 heterocycles. The van der Waals surface area contributed by atoms with Crippen LogP contribution in [-0.2, 0) is 20.4 Å². The standard InChI is InChI=1S/C45H57Si.3ClH.Ti/c1-28(2)35-19-36(29(3)4)23-41(22-35)46(45-18-17-34-15-13-14-16-44(34)45,42-24-37(30(5)6)20-38(25-42)31(7)8)43-26-39(32(9)10)21-40(27-43)33(11)12;;;;/h13-17,19-33,45H,1-12H3;3*1H;/q;;;;+3/p-3. The van der Waals surface area contributed by atoms with E-state index in [1.807, 2.05) is 0 Å². The van der Waals surface area contributed by atoms with Gasteiger partial charge in [0.1, 0.15) is 0 Å². The molecular weight excluding hydrogens is 723 g/mol. The van der Waals surface area contributed by atoms with Gasteiger partial charge in [0.15, 0.2) is 0 Å². The van der Waals surface area contributed by atoms with Crippen LogP contribution in [0, 0.1) is 0 Å². The number of hydrogen-bond donors (Lipinski definition) is 0. The number of allylic oxidation sites excluding steroid dienone is 1. The van der Waals surface area contributed by atoms with Gasteiger partial charge in [-0.3, -0.25) is 0 Å². The van der Waals surface area contributed by atoms with Gasteiger partial charge in [-0.1, -0.05) is 0 Å². The number of fused-ring (bicyclic) bond motifs is 1. The van der Waals surface area contributed by atoms with Gasteiger partial charge in [-0.05, 0) is 0 Å². The molecule has 0 radical (unpaired) electrons. The summed E-state index contributed by atoms with van der Waals surface area (Å²) in [7, 11) is -2.84. The molecule has 5 rings (SSSR count). The van der Waals surface area contributed by atoms with Gasteiger partial charge in [0.25, 0.3) is 0 Å². The Balaban J connectivity index is 0.00000289. The minimum Gasteiger partial charge on any atom is -1.00 e. The van der Waals surface area contributed by atoms with Crippen LogP contribution in [0.2, 0.25) is 0 Å². The first-order chi connectivity index (χ1) is 22.1. The Morgan fingerprint density at radius 3 is 1.00 bits per heavy atom. The summed E-state index contributed by atoms with van der Waals surface area (Å²) >= 11 is 2.42. The zero-order valence-corrected chi connectivity index (χ0v) is 37.1. The topological polar surface area (TPSA) is 0 Å². The normalized spacial score (nSPS) is 14.2. The van der Waals surface area contributed by atoms with Crippen LogP contribution in [0.4, 0.5) is 0 Å². The third kappa shape index (κ3) is 8.62. The molecule has 5 heteroatoms. The molecule has 0 aliphatic heterocycles. The predicted molar refractivity (Wildman–Crippen MR) is 206 cm³/mol. The second kappa shape index (κ2) is 18.0. The quantitative estimate of drug-likeness (QED) is 0.171. The number of rotatable bonds is 10. The van der Waals surface area contributed by atoms with Crippen molar-refractivity contribution in [1.82, 2.24) is 0 Å². The maximum atomic E-state index is 2.64. The van der Waals surface area contributed by atoms with Gasteiger partial charge in [0.05, 0.1) is 0 Å². The Morgan fingerprint density at radius 1 is 0.440 bits per heavy atom. The van der Waals surface area contributed by atoms with Crippen molar-refractivity contribution in [2.75, 3.05) is 0 Å². The van der Waals surface area contributed by atoms with Gasteiger partial charge in [-0.25, -0.2) is 0 Å². The summed E-state index contributed by atoms with van der Waals surface area (Å²) in [5, 5.41) is 4.69. The van der Waals surface area contributed by atoms with Crippen LogP contribution in [0.25, 0.3) is 6.08 Å². The second-order valence-electron chi connectivity index (χ2n) is 16.1. The maximum Gasteiger partial charge on any atom is -1.00 e. The molecule has 0 nitrogen and oxygen atoms in total. The Morgan fingerprint density at radius 2 is 0.720 bits per heavy atom. The van der Waals surface area contributed by atoms with Gasteiger partial charge < -0.3 is 37.2 Å². The van der Waals surface area contributed by atoms with E-state index in [9.17, 15) is 0 Å². The molecule has 4 aromatic carbocycles. The zero-order valence-electron chi connectivity index (χ0n) is 32.3. The Labute approximate surface area is 336 Å². The van der Waals surface area contributed by atoms with Crippen LogP contribution in [-0.4, -0.2) is 8.07 Å². The summed E-state index contributed by atoms with van der Waals surface area (Å²) in [6.45, 7) is 28.4. The van der Waals surface area contributed by atoms with E-state index in [4.69, 9.17) is 0 Å². The van der Waals surface area contributed by atoms with E-state index in [0.717, 1.165) is 0 Å². The Kier molecular flexibility index (Phi) is 16.0. The predicted octanol–water partition coefficient (Wildman–Crippen LogP) is 2.13. The molecule has 1 aliphatic carbocycles. The van der Waals surface area contributed by atoms with Gasteiger partial charge in [-0.15, -0.1) is 0 Å². The first kappa shape index (κ1) is 44.6. The van der Waals surface area contributed by atoms with Crippen molar-refractivity contribution in [3.63, 3.8) is 0 Å². The van der Waals surface area contributed by atoms with Crippen LogP contribution in [0.15, 0.2) is 82.7 Å². The van der Waals surface area contributed by atoms with Crippen molar-refractivity contribution < 1.29 is 57.7 Å². The van der Waals surface area contributed by atoms with Crippen LogP contribution < -0.4 is 52.8 Å². The summed E-state index contributed by atoms with van der Waals surface area (Å²) in [6.07, 6.45) is 2.50. The molecule has 4 aromatic rings. The number of hydrogen-bond acceptors (Lipinski definition) is 0. The molecular formula is C45H57Cl3SiTi. The molecule has 266 valence electrons. The van der Waals surface area contributed by atoms with Crippen molar-refractivity contribution in [3.05, 3.63) is 127 Å². The summed E-state index contributed by atoms with van der Waals surface area (Å²) in [5.74, 6) is 2.71. The third-order valence-electron chi connectivity index (χ3n) is 10.7. The molecule has 0 amide bonds. The zero-order chi connectivity index (χ0) is 34.4. The van der Waals surface area contributed by atoms with Crippen LogP contribution in [0.1, 0.15) is 169 Å². The Hall–Kier alpha value is -1.58. The molecule has 1 atom stereocenters. The van der Waals surface area contributed by atoms with Crippen molar-refractivity contribution >= 4 is 29.7 Å². The van der Waals surface area contributed by atoms with E-state index in [0.29, 0.717) is 41.0 Å². The van der Waals surface area contributed by atoms with E-state index in [-0.39, 0.29) is 37.2 Å². The van der Waals surface area contributed by atoms with Crippen molar-refractivity contribution in [3.8, 4) is 0 Å². The van der Waals surface area contributed by atoms with Crippen molar-refractivity contribution in [2.45, 2.75) is 124 Å².